The van der Waals surface area contributed by atoms with Gasteiger partial charge in [-0.3, -0.25) is 0 Å². The van der Waals surface area contributed by atoms with E-state index in [0.717, 1.165) is 12.8 Å². The van der Waals surface area contributed by atoms with Gasteiger partial charge in [0, 0.05) is 0 Å². The van der Waals surface area contributed by atoms with Crippen LogP contribution in [0.4, 0.5) is 11.9 Å². The van der Waals surface area contributed by atoms with Gasteiger partial charge in [-0.25, -0.2) is 4.79 Å². The number of benzene rings is 1. The number of rotatable bonds is 5. The number of carbonyl (C=O) groups excluding carboxylic acids is 1. The van der Waals surface area contributed by atoms with Gasteiger partial charge in [-0.2, -0.15) is 15.0 Å². The molecule has 8 nitrogen and oxygen atoms in total. The van der Waals surface area contributed by atoms with E-state index >= 15 is 0 Å². The Morgan fingerprint density at radius 2 is 1.83 bits per heavy atom. The summed E-state index contributed by atoms with van der Waals surface area (Å²) < 4.78 is 10.5. The number of aryl methyl sites for hydroxylation is 2. The third kappa shape index (κ3) is 3.85. The maximum absolute atomic E-state index is 11.7. The molecule has 0 saturated carbocycles. The standard InChI is InChI=1S/C15H17N5O3/c16-14-18-12(19-15(17)20-14)7-23-13(21)8-22-11-5-4-9-2-1-3-10(9)6-11/h4-6H,1-3,7-8H2,(H4,16,17,18,19,20). The number of aromatic nitrogens is 3. The van der Waals surface area contributed by atoms with Crippen LogP contribution in [0.2, 0.25) is 0 Å². The molecule has 4 N–H and O–H groups in total. The highest BCUT2D eigenvalue weighted by Gasteiger charge is 2.12. The zero-order valence-corrected chi connectivity index (χ0v) is 12.5. The molecule has 0 bridgehead atoms. The Morgan fingerprint density at radius 1 is 1.09 bits per heavy atom. The number of nitrogens with zero attached hydrogens (tertiary/aromatic N) is 3. The predicted molar refractivity (Wildman–Crippen MR) is 82.4 cm³/mol. The minimum absolute atomic E-state index is 0.0158. The highest BCUT2D eigenvalue weighted by Crippen LogP contribution is 2.25. The summed E-state index contributed by atoms with van der Waals surface area (Å²) in [4.78, 5) is 23.0. The van der Waals surface area contributed by atoms with Crippen LogP contribution in [0.1, 0.15) is 23.4 Å². The van der Waals surface area contributed by atoms with Gasteiger partial charge in [-0.05, 0) is 42.5 Å². The highest BCUT2D eigenvalue weighted by molar-refractivity contribution is 5.71. The van der Waals surface area contributed by atoms with Gasteiger partial charge in [0.2, 0.25) is 11.9 Å². The molecular weight excluding hydrogens is 298 g/mol. The lowest BCUT2D eigenvalue weighted by Gasteiger charge is -2.08. The number of nitrogen functional groups attached to an aromatic ring is 2. The van der Waals surface area contributed by atoms with Crippen LogP contribution in [-0.4, -0.2) is 27.5 Å². The molecule has 0 amide bonds. The summed E-state index contributed by atoms with van der Waals surface area (Å²) in [6.45, 7) is -0.321. The number of hydrogen-bond acceptors (Lipinski definition) is 8. The van der Waals surface area contributed by atoms with Gasteiger partial charge in [0.15, 0.2) is 19.0 Å². The molecule has 0 fully saturated rings. The number of nitrogens with two attached hydrogens (primary N) is 2. The summed E-state index contributed by atoms with van der Waals surface area (Å²) in [5.41, 5.74) is 13.5. The van der Waals surface area contributed by atoms with Crippen LogP contribution in [0, 0.1) is 0 Å². The van der Waals surface area contributed by atoms with E-state index < -0.39 is 5.97 Å². The molecule has 0 atom stereocenters. The first kappa shape index (κ1) is 15.0. The molecule has 3 rings (SSSR count). The normalized spacial score (nSPS) is 12.7. The Hall–Kier alpha value is -2.90. The van der Waals surface area contributed by atoms with Crippen LogP contribution in [0.5, 0.6) is 5.75 Å². The fraction of sp³-hybridized carbons (Fsp3) is 0.333. The largest absolute Gasteiger partial charge is 0.482 e. The van der Waals surface area contributed by atoms with Crippen molar-refractivity contribution in [1.82, 2.24) is 15.0 Å². The van der Waals surface area contributed by atoms with Crippen molar-refractivity contribution >= 4 is 17.9 Å². The molecule has 0 saturated heterocycles. The van der Waals surface area contributed by atoms with E-state index in [4.69, 9.17) is 20.9 Å². The third-order valence-corrected chi connectivity index (χ3v) is 3.51. The van der Waals surface area contributed by atoms with E-state index in [2.05, 4.69) is 15.0 Å². The number of carbonyl (C=O) groups is 1. The second-order valence-electron chi connectivity index (χ2n) is 5.20. The fourth-order valence-electron chi connectivity index (χ4n) is 2.49. The lowest BCUT2D eigenvalue weighted by molar-refractivity contribution is -0.147. The number of esters is 1. The van der Waals surface area contributed by atoms with Crippen LogP contribution >= 0.6 is 0 Å². The van der Waals surface area contributed by atoms with E-state index in [1.165, 1.54) is 17.5 Å². The van der Waals surface area contributed by atoms with Crippen LogP contribution < -0.4 is 16.2 Å². The zero-order valence-electron chi connectivity index (χ0n) is 12.5. The molecule has 8 heteroatoms. The van der Waals surface area contributed by atoms with Crippen LogP contribution in [-0.2, 0) is 29.0 Å². The molecule has 23 heavy (non-hydrogen) atoms. The highest BCUT2D eigenvalue weighted by atomic mass is 16.6. The van der Waals surface area contributed by atoms with Crippen molar-refractivity contribution in [2.75, 3.05) is 18.1 Å². The molecule has 0 aliphatic heterocycles. The number of hydrogen-bond donors (Lipinski definition) is 2. The molecule has 0 spiro atoms. The molecule has 1 aliphatic rings. The molecule has 0 unspecified atom stereocenters. The fourth-order valence-corrected chi connectivity index (χ4v) is 2.49. The van der Waals surface area contributed by atoms with Gasteiger partial charge >= 0.3 is 5.97 Å². The summed E-state index contributed by atoms with van der Waals surface area (Å²) in [7, 11) is 0. The Kier molecular flexibility index (Phi) is 4.22. The summed E-state index contributed by atoms with van der Waals surface area (Å²) in [6, 6.07) is 5.88. The van der Waals surface area contributed by atoms with Crippen molar-refractivity contribution in [2.45, 2.75) is 25.9 Å². The van der Waals surface area contributed by atoms with Gasteiger partial charge in [-0.15, -0.1) is 0 Å². The maximum Gasteiger partial charge on any atom is 0.344 e. The third-order valence-electron chi connectivity index (χ3n) is 3.51. The minimum Gasteiger partial charge on any atom is -0.482 e. The van der Waals surface area contributed by atoms with E-state index in [0.29, 0.717) is 5.75 Å². The monoisotopic (exact) mass is 315 g/mol. The molecule has 0 radical (unpaired) electrons. The van der Waals surface area contributed by atoms with Crippen molar-refractivity contribution in [3.8, 4) is 5.75 Å². The van der Waals surface area contributed by atoms with Crippen LogP contribution in [0.15, 0.2) is 18.2 Å². The van der Waals surface area contributed by atoms with E-state index in [9.17, 15) is 4.79 Å². The van der Waals surface area contributed by atoms with Gasteiger partial charge in [0.1, 0.15) is 5.75 Å². The Labute approximate surface area is 132 Å². The predicted octanol–water partition coefficient (Wildman–Crippen LogP) is 0.647. The molecule has 1 heterocycles. The van der Waals surface area contributed by atoms with Crippen molar-refractivity contribution in [1.29, 1.82) is 0 Å². The van der Waals surface area contributed by atoms with Crippen molar-refractivity contribution in [2.24, 2.45) is 0 Å². The van der Waals surface area contributed by atoms with Gasteiger partial charge in [0.05, 0.1) is 0 Å². The van der Waals surface area contributed by atoms with Crippen LogP contribution in [0.3, 0.4) is 0 Å². The van der Waals surface area contributed by atoms with Gasteiger partial charge in [-0.1, -0.05) is 6.07 Å². The quantitative estimate of drug-likeness (QED) is 0.770. The molecule has 1 aromatic carbocycles. The van der Waals surface area contributed by atoms with E-state index in [1.807, 2.05) is 18.2 Å². The first-order valence-electron chi connectivity index (χ1n) is 7.26. The SMILES string of the molecule is Nc1nc(N)nc(COC(=O)COc2ccc3c(c2)CCC3)n1. The smallest absolute Gasteiger partial charge is 0.344 e. The molecule has 1 aliphatic carbocycles. The molecule has 120 valence electrons. The Morgan fingerprint density at radius 3 is 2.61 bits per heavy atom. The first-order chi connectivity index (χ1) is 11.1. The minimum atomic E-state index is -0.525. The zero-order chi connectivity index (χ0) is 16.2. The number of ether oxygens (including phenoxy) is 2. The average Bonchev–Trinajstić information content (AvgIpc) is 2.97. The van der Waals surface area contributed by atoms with Gasteiger partial charge in [0.25, 0.3) is 0 Å². The average molecular weight is 315 g/mol. The van der Waals surface area contributed by atoms with E-state index in [1.54, 1.807) is 0 Å². The summed E-state index contributed by atoms with van der Waals surface area (Å²) in [6.07, 6.45) is 3.33. The van der Waals surface area contributed by atoms with Crippen molar-refractivity contribution in [3.05, 3.63) is 35.2 Å². The molecular formula is C15H17N5O3. The summed E-state index contributed by atoms with van der Waals surface area (Å²) in [5, 5.41) is 0. The first-order valence-corrected chi connectivity index (χ1v) is 7.26. The maximum atomic E-state index is 11.7. The molecule has 1 aromatic heterocycles. The summed E-state index contributed by atoms with van der Waals surface area (Å²) in [5.74, 6) is 0.302. The molecule has 2 aromatic rings. The summed E-state index contributed by atoms with van der Waals surface area (Å²) >= 11 is 0. The lowest BCUT2D eigenvalue weighted by atomic mass is 10.1. The van der Waals surface area contributed by atoms with Crippen LogP contribution in [0.25, 0.3) is 0 Å². The Balaban J connectivity index is 1.49. The lowest BCUT2D eigenvalue weighted by Crippen LogP contribution is -2.16. The van der Waals surface area contributed by atoms with Crippen molar-refractivity contribution < 1.29 is 14.3 Å². The second-order valence-corrected chi connectivity index (χ2v) is 5.20. The second kappa shape index (κ2) is 6.47. The van der Waals surface area contributed by atoms with E-state index in [-0.39, 0.29) is 30.9 Å². The van der Waals surface area contributed by atoms with Crippen molar-refractivity contribution in [3.63, 3.8) is 0 Å². The topological polar surface area (TPSA) is 126 Å². The Bertz CT molecular complexity index is 715. The van der Waals surface area contributed by atoms with Gasteiger partial charge < -0.3 is 20.9 Å². The number of fused-ring (bicyclic) bond motifs is 1. The number of anilines is 2.